The first-order valence-corrected chi connectivity index (χ1v) is 19.8. The first kappa shape index (κ1) is 48.0. The Morgan fingerprint density at radius 3 is 1.40 bits per heavy atom. The topological polar surface area (TPSA) is 105 Å². The molecule has 10 heteroatoms. The van der Waals surface area contributed by atoms with Crippen molar-refractivity contribution in [1.29, 1.82) is 0 Å². The zero-order valence-corrected chi connectivity index (χ0v) is 35.8. The maximum atomic E-state index is 14.9. The van der Waals surface area contributed by atoms with E-state index < -0.39 is 23.7 Å². The first-order valence-electron chi connectivity index (χ1n) is 19.8. The molecule has 0 unspecified atom stereocenters. The highest BCUT2D eigenvalue weighted by Gasteiger charge is 2.12. The molecule has 0 radical (unpaired) electrons. The van der Waals surface area contributed by atoms with Gasteiger partial charge in [0.1, 0.15) is 29.7 Å². The quantitative estimate of drug-likeness (QED) is 0.0337. The summed E-state index contributed by atoms with van der Waals surface area (Å²) < 4.78 is 49.7. The maximum Gasteiger partial charge on any atom is 0.338 e. The van der Waals surface area contributed by atoms with Crippen LogP contribution in [0.5, 0.6) is 11.5 Å². The molecule has 5 rings (SSSR count). The molecule has 5 aromatic carbocycles. The van der Waals surface area contributed by atoms with Crippen LogP contribution in [0, 0.1) is 23.5 Å². The van der Waals surface area contributed by atoms with E-state index in [2.05, 4.69) is 38.2 Å². The molecule has 0 atom stereocenters. The molecule has 0 aliphatic rings. The summed E-state index contributed by atoms with van der Waals surface area (Å²) in [5, 5.41) is 0. The van der Waals surface area contributed by atoms with Gasteiger partial charge in [0.05, 0.1) is 6.61 Å². The molecule has 0 fully saturated rings. The van der Waals surface area contributed by atoms with Crippen LogP contribution in [0.25, 0.3) is 33.4 Å². The van der Waals surface area contributed by atoms with E-state index >= 15 is 0 Å². The third kappa shape index (κ3) is 15.1. The summed E-state index contributed by atoms with van der Waals surface area (Å²) in [5.41, 5.74) is 6.83. The number of esters is 4. The van der Waals surface area contributed by atoms with Gasteiger partial charge in [-0.3, -0.25) is 0 Å². The minimum Gasteiger partial charge on any atom is -0.462 e. The van der Waals surface area contributed by atoms with Gasteiger partial charge < -0.3 is 18.9 Å². The van der Waals surface area contributed by atoms with Crippen LogP contribution in [0.1, 0.15) is 51.7 Å². The van der Waals surface area contributed by atoms with Gasteiger partial charge in [0, 0.05) is 45.4 Å². The Bertz CT molecular complexity index is 2580. The Labute approximate surface area is 367 Å². The van der Waals surface area contributed by atoms with Gasteiger partial charge in [-0.05, 0) is 111 Å². The normalized spacial score (nSPS) is 10.1. The van der Waals surface area contributed by atoms with Crippen LogP contribution >= 0.6 is 0 Å². The van der Waals surface area contributed by atoms with Crippen molar-refractivity contribution >= 4 is 23.9 Å². The number of rotatable bonds is 15. The van der Waals surface area contributed by atoms with Crippen LogP contribution in [0.2, 0.25) is 0 Å². The SMILES string of the molecule is C=C(C)C(=O)OCCC#Cc1ccc(-c2ccc(OC(=O)C(=C)C)cc2)c(F)c1.C=C(C)C(=O)OCCCc1ccc(-c2ccc(-c3ccc(OC(=O)C(=C)C)cc3)c(F)c2)cc1. The van der Waals surface area contributed by atoms with E-state index in [1.807, 2.05) is 30.3 Å². The van der Waals surface area contributed by atoms with Crippen LogP contribution in [-0.4, -0.2) is 37.1 Å². The molecule has 0 N–H and O–H groups in total. The Morgan fingerprint density at radius 1 is 0.508 bits per heavy atom. The first-order chi connectivity index (χ1) is 30.0. The van der Waals surface area contributed by atoms with E-state index in [4.69, 9.17) is 18.9 Å². The number of ether oxygens (including phenoxy) is 4. The lowest BCUT2D eigenvalue weighted by molar-refractivity contribution is -0.139. The molecular formula is C53H48F2O8. The van der Waals surface area contributed by atoms with Gasteiger partial charge in [-0.2, -0.15) is 0 Å². The molecule has 0 amide bonds. The van der Waals surface area contributed by atoms with Gasteiger partial charge in [-0.15, -0.1) is 0 Å². The van der Waals surface area contributed by atoms with E-state index in [-0.39, 0.29) is 18.4 Å². The monoisotopic (exact) mass is 850 g/mol. The fourth-order valence-electron chi connectivity index (χ4n) is 5.46. The number of aryl methyl sites for hydroxylation is 1. The smallest absolute Gasteiger partial charge is 0.338 e. The van der Waals surface area contributed by atoms with Crippen LogP contribution in [0.4, 0.5) is 8.78 Å². The second kappa shape index (κ2) is 23.4. The van der Waals surface area contributed by atoms with Crippen molar-refractivity contribution in [2.45, 2.75) is 47.0 Å². The van der Waals surface area contributed by atoms with Gasteiger partial charge in [-0.25, -0.2) is 28.0 Å². The summed E-state index contributed by atoms with van der Waals surface area (Å²) in [4.78, 5) is 45.8. The lowest BCUT2D eigenvalue weighted by Gasteiger charge is -2.09. The molecule has 0 aliphatic heterocycles. The van der Waals surface area contributed by atoms with Crippen LogP contribution in [0.15, 0.2) is 158 Å². The zero-order chi connectivity index (χ0) is 46.1. The summed E-state index contributed by atoms with van der Waals surface area (Å²) in [7, 11) is 0. The molecule has 5 aromatic rings. The van der Waals surface area contributed by atoms with E-state index in [1.165, 1.54) is 12.1 Å². The Hall–Kier alpha value is -7.64. The molecule has 63 heavy (non-hydrogen) atoms. The fraction of sp³-hybridized carbons (Fsp3) is 0.170. The summed E-state index contributed by atoms with van der Waals surface area (Å²) >= 11 is 0. The van der Waals surface area contributed by atoms with Crippen molar-refractivity contribution in [3.63, 3.8) is 0 Å². The Balaban J connectivity index is 0.000000280. The summed E-state index contributed by atoms with van der Waals surface area (Å²) in [6, 6.07) is 30.9. The van der Waals surface area contributed by atoms with Crippen molar-refractivity contribution in [1.82, 2.24) is 0 Å². The van der Waals surface area contributed by atoms with E-state index in [0.29, 0.717) is 81.1 Å². The van der Waals surface area contributed by atoms with Crippen molar-refractivity contribution < 1.29 is 46.9 Å². The molecule has 8 nitrogen and oxygen atoms in total. The second-order valence-electron chi connectivity index (χ2n) is 14.5. The third-order valence-electron chi connectivity index (χ3n) is 8.91. The molecule has 0 bridgehead atoms. The van der Waals surface area contributed by atoms with Crippen LogP contribution in [0.3, 0.4) is 0 Å². The average molecular weight is 851 g/mol. The van der Waals surface area contributed by atoms with E-state index in [9.17, 15) is 28.0 Å². The van der Waals surface area contributed by atoms with E-state index in [1.54, 1.807) is 94.4 Å². The van der Waals surface area contributed by atoms with E-state index in [0.717, 1.165) is 23.1 Å². The van der Waals surface area contributed by atoms with Gasteiger partial charge in [0.15, 0.2) is 0 Å². The minimum atomic E-state index is -0.513. The van der Waals surface area contributed by atoms with Crippen molar-refractivity contribution in [2.24, 2.45) is 0 Å². The van der Waals surface area contributed by atoms with Gasteiger partial charge in [0.2, 0.25) is 0 Å². The predicted octanol–water partition coefficient (Wildman–Crippen LogP) is 11.5. The lowest BCUT2D eigenvalue weighted by Crippen LogP contribution is -2.07. The molecule has 0 aromatic heterocycles. The zero-order valence-electron chi connectivity index (χ0n) is 35.8. The summed E-state index contributed by atoms with van der Waals surface area (Å²) in [6.45, 7) is 20.9. The third-order valence-corrected chi connectivity index (χ3v) is 8.91. The predicted molar refractivity (Wildman–Crippen MR) is 241 cm³/mol. The van der Waals surface area contributed by atoms with Crippen molar-refractivity contribution in [3.8, 4) is 56.7 Å². The minimum absolute atomic E-state index is 0.154. The average Bonchev–Trinajstić information content (AvgIpc) is 3.26. The largest absolute Gasteiger partial charge is 0.462 e. The van der Waals surface area contributed by atoms with Crippen LogP contribution < -0.4 is 9.47 Å². The Kier molecular flexibility index (Phi) is 17.8. The fourth-order valence-corrected chi connectivity index (χ4v) is 5.46. The molecule has 0 saturated heterocycles. The summed E-state index contributed by atoms with van der Waals surface area (Å²) in [5.74, 6) is 3.81. The van der Waals surface area contributed by atoms with Gasteiger partial charge >= 0.3 is 23.9 Å². The molecule has 0 heterocycles. The number of hydrogen-bond acceptors (Lipinski definition) is 8. The molecule has 0 saturated carbocycles. The number of benzene rings is 5. The molecule has 322 valence electrons. The maximum absolute atomic E-state index is 14.9. The van der Waals surface area contributed by atoms with Crippen molar-refractivity contribution in [2.75, 3.05) is 13.2 Å². The second-order valence-corrected chi connectivity index (χ2v) is 14.5. The number of carbonyl (C=O) groups excluding carboxylic acids is 4. The number of carbonyl (C=O) groups is 4. The molecule has 0 spiro atoms. The molecular weight excluding hydrogens is 803 g/mol. The Morgan fingerprint density at radius 2 is 0.937 bits per heavy atom. The standard InChI is InChI=1S/C29H27FO4.C24H21FO4/c1-19(2)28(31)33-17-5-6-21-7-9-22(10-8-21)24-13-16-26(27(30)18-24)23-11-14-25(15-12-23)34-29(32)20(3)4;1-16(2)23(26)28-14-6-5-7-18-8-13-21(22(25)15-18)19-9-11-20(12-10-19)29-24(27)17(3)4/h7-16,18H,1,3,5-6,17H2,2,4H3;8-13,15H,1,3,6,14H2,2,4H3. The number of hydrogen-bond donors (Lipinski definition) is 0. The van der Waals surface area contributed by atoms with Crippen molar-refractivity contribution in [3.05, 3.63) is 181 Å². The number of halogens is 2. The van der Waals surface area contributed by atoms with Crippen LogP contribution in [-0.2, 0) is 35.1 Å². The highest BCUT2D eigenvalue weighted by atomic mass is 19.1. The van der Waals surface area contributed by atoms with Gasteiger partial charge in [0.25, 0.3) is 0 Å². The lowest BCUT2D eigenvalue weighted by atomic mass is 9.98. The highest BCUT2D eigenvalue weighted by Crippen LogP contribution is 2.30. The molecule has 0 aliphatic carbocycles. The summed E-state index contributed by atoms with van der Waals surface area (Å²) in [6.07, 6.45) is 1.83. The highest BCUT2D eigenvalue weighted by molar-refractivity contribution is 5.89. The van der Waals surface area contributed by atoms with Gasteiger partial charge in [-0.1, -0.05) is 105 Å².